The zero-order chi connectivity index (χ0) is 20.7. The van der Waals surface area contributed by atoms with Crippen molar-refractivity contribution in [2.45, 2.75) is 72.1 Å². The van der Waals surface area contributed by atoms with E-state index < -0.39 is 0 Å². The highest BCUT2D eigenvalue weighted by molar-refractivity contribution is 6.33. The molecule has 5 heteroatoms. The highest BCUT2D eigenvalue weighted by Gasteiger charge is 2.39. The van der Waals surface area contributed by atoms with Gasteiger partial charge in [-0.05, 0) is 74.2 Å². The number of benzene rings is 1. The van der Waals surface area contributed by atoms with E-state index in [0.717, 1.165) is 44.0 Å². The average Bonchev–Trinajstić information content (AvgIpc) is 2.72. The van der Waals surface area contributed by atoms with Gasteiger partial charge in [0.15, 0.2) is 0 Å². The van der Waals surface area contributed by atoms with E-state index in [1.54, 1.807) is 0 Å². The summed E-state index contributed by atoms with van der Waals surface area (Å²) in [6.07, 6.45) is 11.0. The Kier molecular flexibility index (Phi) is 10.1. The molecular weight excluding hydrogens is 396 g/mol. The van der Waals surface area contributed by atoms with Gasteiger partial charge in [-0.25, -0.2) is 0 Å². The lowest BCUT2D eigenvalue weighted by Crippen LogP contribution is -2.43. The van der Waals surface area contributed by atoms with Crippen molar-refractivity contribution in [3.63, 3.8) is 0 Å². The van der Waals surface area contributed by atoms with Gasteiger partial charge in [-0.3, -0.25) is 4.79 Å². The maximum Gasteiger partial charge on any atom is 0.252 e. The number of nitrogens with one attached hydrogen (secondary N) is 1. The van der Waals surface area contributed by atoms with Crippen LogP contribution in [0.2, 0.25) is 5.02 Å². The Morgan fingerprint density at radius 3 is 2.67 bits per heavy atom. The number of hydrogen-bond donors (Lipinski definition) is 2. The van der Waals surface area contributed by atoms with E-state index in [4.69, 9.17) is 16.7 Å². The molecule has 0 aliphatic heterocycles. The summed E-state index contributed by atoms with van der Waals surface area (Å²) in [6, 6.07) is 5.84. The van der Waals surface area contributed by atoms with Crippen LogP contribution in [-0.4, -0.2) is 48.7 Å². The van der Waals surface area contributed by atoms with Crippen LogP contribution in [0.15, 0.2) is 18.2 Å². The van der Waals surface area contributed by atoms with E-state index in [1.165, 1.54) is 44.9 Å². The van der Waals surface area contributed by atoms with Gasteiger partial charge in [0.05, 0.1) is 17.2 Å². The zero-order valence-electron chi connectivity index (χ0n) is 17.9. The van der Waals surface area contributed by atoms with Gasteiger partial charge in [0.1, 0.15) is 0 Å². The molecule has 3 rings (SSSR count). The maximum atomic E-state index is 12.9. The summed E-state index contributed by atoms with van der Waals surface area (Å²) in [6.45, 7) is 5.70. The minimum atomic E-state index is -0.0330. The molecule has 2 saturated carbocycles. The lowest BCUT2D eigenvalue weighted by molar-refractivity contribution is 0.0681. The van der Waals surface area contributed by atoms with Crippen molar-refractivity contribution in [2.75, 3.05) is 32.8 Å². The second-order valence-corrected chi connectivity index (χ2v) is 9.52. The predicted molar refractivity (Wildman–Crippen MR) is 126 cm³/mol. The summed E-state index contributed by atoms with van der Waals surface area (Å²) >= 11 is 6.37. The molecule has 2 fully saturated rings. The first-order chi connectivity index (χ1) is 14.0. The molecule has 1 aromatic carbocycles. The lowest BCUT2D eigenvalue weighted by atomic mass is 9.62. The summed E-state index contributed by atoms with van der Waals surface area (Å²) in [5, 5.41) is 12.9. The molecule has 1 aromatic rings. The molecule has 2 aliphatic carbocycles. The number of amides is 1. The van der Waals surface area contributed by atoms with Crippen LogP contribution in [-0.2, 0) is 6.42 Å². The van der Waals surface area contributed by atoms with Gasteiger partial charge in [0.2, 0.25) is 0 Å². The summed E-state index contributed by atoms with van der Waals surface area (Å²) in [5.41, 5.74) is 2.07. The van der Waals surface area contributed by atoms with E-state index >= 15 is 0 Å². The zero-order valence-corrected chi connectivity index (χ0v) is 18.6. The molecular formula is C25H41ClN2O2. The normalized spacial score (nSPS) is 23.1. The van der Waals surface area contributed by atoms with Crippen molar-refractivity contribution < 1.29 is 9.90 Å². The van der Waals surface area contributed by atoms with Crippen molar-refractivity contribution in [1.82, 2.24) is 10.2 Å². The van der Waals surface area contributed by atoms with Gasteiger partial charge in [0.25, 0.3) is 5.91 Å². The fourth-order valence-electron chi connectivity index (χ4n) is 5.41. The summed E-state index contributed by atoms with van der Waals surface area (Å²) in [4.78, 5) is 15.1. The fraction of sp³-hybridized carbons (Fsp3) is 0.720. The Labute approximate surface area is 188 Å². The lowest BCUT2D eigenvalue weighted by Gasteiger charge is -2.45. The molecule has 2 bridgehead atoms. The molecule has 30 heavy (non-hydrogen) atoms. The van der Waals surface area contributed by atoms with Crippen LogP contribution >= 0.6 is 11.6 Å². The first kappa shape index (κ1) is 25.2. The van der Waals surface area contributed by atoms with Gasteiger partial charge in [-0.1, -0.05) is 57.7 Å². The highest BCUT2D eigenvalue weighted by atomic mass is 35.5. The highest BCUT2D eigenvalue weighted by Crippen LogP contribution is 2.48. The van der Waals surface area contributed by atoms with Crippen LogP contribution in [0.5, 0.6) is 0 Å². The molecule has 4 nitrogen and oxygen atoms in total. The Morgan fingerprint density at radius 2 is 2.00 bits per heavy atom. The van der Waals surface area contributed by atoms with Crippen molar-refractivity contribution in [3.8, 4) is 0 Å². The molecule has 0 spiro atoms. The predicted octanol–water partition coefficient (Wildman–Crippen LogP) is 5.31. The Morgan fingerprint density at radius 1 is 1.27 bits per heavy atom. The maximum absolute atomic E-state index is 12.9. The van der Waals surface area contributed by atoms with Crippen LogP contribution in [0.1, 0.15) is 81.6 Å². The Bertz CT molecular complexity index is 669. The third-order valence-electron chi connectivity index (χ3n) is 7.06. The third kappa shape index (κ3) is 6.70. The first-order valence-corrected chi connectivity index (χ1v) is 11.8. The number of aliphatic hydroxyl groups is 1. The number of hydrogen-bond acceptors (Lipinski definition) is 3. The number of halogens is 1. The van der Waals surface area contributed by atoms with Crippen molar-refractivity contribution >= 4 is 17.5 Å². The minimum Gasteiger partial charge on any atom is -0.395 e. The molecule has 170 valence electrons. The SMILES string of the molecule is C.CCN(CCO)CCCc1ccc(Cl)c(C(=O)NCC23CCCC(CCC2)C3)c1. The largest absolute Gasteiger partial charge is 0.395 e. The standard InChI is InChI=1S/C24H37ClN2O2.CH4/c1-2-27(14-15-28)13-5-8-19-9-10-22(25)21(16-19)23(29)26-18-24-11-3-6-20(17-24)7-4-12-24;/h9-10,16,20,28H,2-8,11-15,17-18H2,1H3,(H,26,29);1H4. The molecule has 0 heterocycles. The van der Waals surface area contributed by atoms with Crippen molar-refractivity contribution in [1.29, 1.82) is 0 Å². The minimum absolute atomic E-state index is 0. The van der Waals surface area contributed by atoms with Crippen LogP contribution in [0.4, 0.5) is 0 Å². The van der Waals surface area contributed by atoms with Crippen LogP contribution in [0.25, 0.3) is 0 Å². The van der Waals surface area contributed by atoms with E-state index in [-0.39, 0.29) is 19.9 Å². The molecule has 0 atom stereocenters. The molecule has 0 saturated heterocycles. The summed E-state index contributed by atoms with van der Waals surface area (Å²) in [5.74, 6) is 0.837. The number of nitrogens with zero attached hydrogens (tertiary/aromatic N) is 1. The Hall–Kier alpha value is -1.10. The monoisotopic (exact) mass is 436 g/mol. The van der Waals surface area contributed by atoms with Crippen molar-refractivity contribution in [2.24, 2.45) is 11.3 Å². The number of carbonyl (C=O) groups is 1. The first-order valence-electron chi connectivity index (χ1n) is 11.4. The van der Waals surface area contributed by atoms with E-state index in [9.17, 15) is 4.79 Å². The smallest absolute Gasteiger partial charge is 0.252 e. The molecule has 0 unspecified atom stereocenters. The fourth-order valence-corrected chi connectivity index (χ4v) is 5.61. The van der Waals surface area contributed by atoms with Gasteiger partial charge < -0.3 is 15.3 Å². The number of carbonyl (C=O) groups excluding carboxylic acids is 1. The van der Waals surface area contributed by atoms with Crippen molar-refractivity contribution in [3.05, 3.63) is 34.3 Å². The van der Waals surface area contributed by atoms with Gasteiger partial charge in [0, 0.05) is 13.1 Å². The topological polar surface area (TPSA) is 52.6 Å². The van der Waals surface area contributed by atoms with Gasteiger partial charge >= 0.3 is 0 Å². The number of fused-ring (bicyclic) bond motifs is 2. The van der Waals surface area contributed by atoms with E-state index in [0.29, 0.717) is 22.5 Å². The third-order valence-corrected chi connectivity index (χ3v) is 7.39. The quantitative estimate of drug-likeness (QED) is 0.522. The number of aliphatic hydroxyl groups excluding tert-OH is 1. The summed E-state index contributed by atoms with van der Waals surface area (Å²) in [7, 11) is 0. The van der Waals surface area contributed by atoms with E-state index in [1.807, 2.05) is 18.2 Å². The molecule has 2 N–H and O–H groups in total. The number of likely N-dealkylation sites (N-methyl/N-ethyl adjacent to an activating group) is 1. The molecule has 0 radical (unpaired) electrons. The average molecular weight is 437 g/mol. The van der Waals surface area contributed by atoms with Crippen LogP contribution in [0.3, 0.4) is 0 Å². The van der Waals surface area contributed by atoms with Crippen LogP contribution in [0, 0.1) is 11.3 Å². The molecule has 1 amide bonds. The number of aryl methyl sites for hydroxylation is 1. The second kappa shape index (κ2) is 12.1. The number of rotatable bonds is 10. The van der Waals surface area contributed by atoms with Gasteiger partial charge in [-0.15, -0.1) is 0 Å². The van der Waals surface area contributed by atoms with Crippen LogP contribution < -0.4 is 5.32 Å². The molecule has 0 aromatic heterocycles. The van der Waals surface area contributed by atoms with E-state index in [2.05, 4.69) is 17.1 Å². The Balaban J connectivity index is 0.00000320. The second-order valence-electron chi connectivity index (χ2n) is 9.11. The molecule has 2 aliphatic rings. The summed E-state index contributed by atoms with van der Waals surface area (Å²) < 4.78 is 0. The van der Waals surface area contributed by atoms with Gasteiger partial charge in [-0.2, -0.15) is 0 Å².